The van der Waals surface area contributed by atoms with Crippen molar-refractivity contribution in [3.05, 3.63) is 30.0 Å². The molecule has 0 radical (unpaired) electrons. The highest BCUT2D eigenvalue weighted by molar-refractivity contribution is 7.10. The summed E-state index contributed by atoms with van der Waals surface area (Å²) in [6, 6.07) is 5.64. The number of nitrogens with zero attached hydrogens (tertiary/aromatic N) is 3. The molecule has 2 aromatic rings. The Hall–Kier alpha value is -2.35. The number of carbonyl (C=O) groups excluding carboxylic acids is 1. The van der Waals surface area contributed by atoms with Gasteiger partial charge in [0.05, 0.1) is 20.4 Å². The van der Waals surface area contributed by atoms with Crippen LogP contribution in [0.3, 0.4) is 0 Å². The quantitative estimate of drug-likeness (QED) is 0.930. The first-order chi connectivity index (χ1) is 11.2. The van der Waals surface area contributed by atoms with Crippen molar-refractivity contribution in [2.24, 2.45) is 0 Å². The van der Waals surface area contributed by atoms with E-state index < -0.39 is 0 Å². The van der Waals surface area contributed by atoms with Crippen molar-refractivity contribution in [3.8, 4) is 11.5 Å². The highest BCUT2D eigenvalue weighted by atomic mass is 32.1. The van der Waals surface area contributed by atoms with Crippen molar-refractivity contribution in [3.63, 3.8) is 0 Å². The summed E-state index contributed by atoms with van der Waals surface area (Å²) < 4.78 is 14.5. The third-order valence-corrected chi connectivity index (χ3v) is 4.52. The van der Waals surface area contributed by atoms with E-state index in [1.165, 1.54) is 0 Å². The first-order valence-corrected chi connectivity index (χ1v) is 8.04. The summed E-state index contributed by atoms with van der Waals surface area (Å²) in [7, 11) is 3.30. The van der Waals surface area contributed by atoms with Crippen LogP contribution in [0, 0.1) is 0 Å². The van der Waals surface area contributed by atoms with Gasteiger partial charge in [0, 0.05) is 36.1 Å². The number of aromatic nitrogens is 2. The van der Waals surface area contributed by atoms with Gasteiger partial charge in [-0.25, -0.2) is 4.79 Å². The lowest BCUT2D eigenvalue weighted by Crippen LogP contribution is -2.32. The van der Waals surface area contributed by atoms with Crippen LogP contribution in [0.5, 0.6) is 11.5 Å². The average molecular weight is 334 g/mol. The Morgan fingerprint density at radius 3 is 2.96 bits per heavy atom. The Bertz CT molecular complexity index is 677. The molecule has 0 bridgehead atoms. The first-order valence-electron chi connectivity index (χ1n) is 7.26. The summed E-state index contributed by atoms with van der Waals surface area (Å²) in [5, 5.41) is 7.17. The molecule has 0 spiro atoms. The van der Waals surface area contributed by atoms with Gasteiger partial charge in [0.15, 0.2) is 0 Å². The van der Waals surface area contributed by atoms with E-state index in [1.54, 1.807) is 25.3 Å². The molecule has 1 aliphatic heterocycles. The van der Waals surface area contributed by atoms with Crippen molar-refractivity contribution in [1.29, 1.82) is 0 Å². The van der Waals surface area contributed by atoms with Gasteiger partial charge in [-0.3, -0.25) is 5.32 Å². The summed E-state index contributed by atoms with van der Waals surface area (Å²) in [5.74, 6) is 1.84. The van der Waals surface area contributed by atoms with Crippen molar-refractivity contribution >= 4 is 22.6 Å². The van der Waals surface area contributed by atoms with Gasteiger partial charge in [-0.2, -0.15) is 0 Å². The number of amides is 2. The summed E-state index contributed by atoms with van der Waals surface area (Å²) in [5.41, 5.74) is 1.07. The van der Waals surface area contributed by atoms with Gasteiger partial charge in [0.25, 0.3) is 0 Å². The summed E-state index contributed by atoms with van der Waals surface area (Å²) in [4.78, 5) is 14.1. The highest BCUT2D eigenvalue weighted by Gasteiger charge is 2.29. The van der Waals surface area contributed by atoms with Crippen LogP contribution < -0.4 is 14.8 Å². The van der Waals surface area contributed by atoms with Crippen LogP contribution in [0.4, 0.5) is 9.80 Å². The number of nitrogens with one attached hydrogen (secondary N) is 1. The van der Waals surface area contributed by atoms with E-state index in [9.17, 15) is 4.79 Å². The second kappa shape index (κ2) is 6.82. The lowest BCUT2D eigenvalue weighted by molar-refractivity contribution is 0.222. The molecule has 23 heavy (non-hydrogen) atoms. The number of anilines is 1. The zero-order chi connectivity index (χ0) is 16.2. The summed E-state index contributed by atoms with van der Waals surface area (Å²) >= 11 is 1.16. The van der Waals surface area contributed by atoms with Crippen molar-refractivity contribution in [2.75, 3.05) is 32.6 Å². The number of hydrogen-bond donors (Lipinski definition) is 1. The van der Waals surface area contributed by atoms with Crippen LogP contribution >= 0.6 is 11.5 Å². The first kappa shape index (κ1) is 15.5. The molecule has 0 saturated carbocycles. The molecule has 8 heteroatoms. The molecule has 3 rings (SSSR count). The number of hydrogen-bond acceptors (Lipinski definition) is 6. The second-order valence-electron chi connectivity index (χ2n) is 5.25. The van der Waals surface area contributed by atoms with Crippen LogP contribution in [-0.4, -0.2) is 47.8 Å². The van der Waals surface area contributed by atoms with Gasteiger partial charge in [-0.1, -0.05) is 4.49 Å². The van der Waals surface area contributed by atoms with Crippen molar-refractivity contribution in [2.45, 2.75) is 12.3 Å². The van der Waals surface area contributed by atoms with Gasteiger partial charge >= 0.3 is 6.03 Å². The van der Waals surface area contributed by atoms with Gasteiger partial charge < -0.3 is 14.4 Å². The van der Waals surface area contributed by atoms with E-state index >= 15 is 0 Å². The monoisotopic (exact) mass is 334 g/mol. The van der Waals surface area contributed by atoms with Gasteiger partial charge in [0.2, 0.25) is 0 Å². The normalized spacial score (nSPS) is 17.1. The lowest BCUT2D eigenvalue weighted by atomic mass is 9.97. The maximum Gasteiger partial charge on any atom is 0.322 e. The largest absolute Gasteiger partial charge is 0.497 e. The minimum absolute atomic E-state index is 0.125. The Balaban J connectivity index is 1.71. The molecule has 1 aromatic heterocycles. The molecule has 7 nitrogen and oxygen atoms in total. The summed E-state index contributed by atoms with van der Waals surface area (Å²) in [6.45, 7) is 1.34. The van der Waals surface area contributed by atoms with E-state index in [-0.39, 0.29) is 11.9 Å². The predicted octanol–water partition coefficient (Wildman–Crippen LogP) is 2.58. The Morgan fingerprint density at radius 2 is 2.26 bits per heavy atom. The predicted molar refractivity (Wildman–Crippen MR) is 87.4 cm³/mol. The molecular weight excluding hydrogens is 316 g/mol. The van der Waals surface area contributed by atoms with Gasteiger partial charge in [0.1, 0.15) is 16.5 Å². The van der Waals surface area contributed by atoms with Crippen LogP contribution in [0.15, 0.2) is 24.4 Å². The Kier molecular flexibility index (Phi) is 4.61. The van der Waals surface area contributed by atoms with Crippen LogP contribution in [-0.2, 0) is 0 Å². The number of methoxy groups -OCH3 is 2. The van der Waals surface area contributed by atoms with Crippen molar-refractivity contribution < 1.29 is 14.3 Å². The Morgan fingerprint density at radius 1 is 1.39 bits per heavy atom. The fourth-order valence-corrected chi connectivity index (χ4v) is 3.17. The lowest BCUT2D eigenvalue weighted by Gasteiger charge is -2.18. The molecule has 0 aliphatic carbocycles. The highest BCUT2D eigenvalue weighted by Crippen LogP contribution is 2.36. The standard InChI is InChI=1S/C15H18N4O3S/c1-21-11-3-4-13(22-2)12(7-11)10-5-6-19(9-10)15(20)17-14-8-16-18-23-14/h3-4,7-8,10H,5-6,9H2,1-2H3,(H,17,20)/t10-/m0/s1. The molecule has 122 valence electrons. The zero-order valence-electron chi connectivity index (χ0n) is 13.0. The third kappa shape index (κ3) is 3.37. The molecule has 2 heterocycles. The molecule has 1 N–H and O–H groups in total. The summed E-state index contributed by atoms with van der Waals surface area (Å²) in [6.07, 6.45) is 2.43. The molecule has 1 aliphatic rings. The molecule has 2 amide bonds. The van der Waals surface area contributed by atoms with Gasteiger partial charge in [-0.05, 0) is 24.6 Å². The van der Waals surface area contributed by atoms with E-state index in [1.807, 2.05) is 18.2 Å². The molecule has 1 atom stereocenters. The number of urea groups is 1. The van der Waals surface area contributed by atoms with E-state index in [0.717, 1.165) is 35.0 Å². The fraction of sp³-hybridized carbons (Fsp3) is 0.400. The smallest absolute Gasteiger partial charge is 0.322 e. The number of benzene rings is 1. The minimum atomic E-state index is -0.125. The number of rotatable bonds is 4. The molecule has 1 saturated heterocycles. The zero-order valence-corrected chi connectivity index (χ0v) is 13.8. The molecular formula is C15H18N4O3S. The van der Waals surface area contributed by atoms with E-state index in [4.69, 9.17) is 9.47 Å². The SMILES string of the molecule is COc1ccc(OC)c([C@H]2CCN(C(=O)Nc3cnns3)C2)c1. The maximum atomic E-state index is 12.3. The minimum Gasteiger partial charge on any atom is -0.497 e. The fourth-order valence-electron chi connectivity index (χ4n) is 2.76. The third-order valence-electron chi connectivity index (χ3n) is 3.94. The van der Waals surface area contributed by atoms with E-state index in [2.05, 4.69) is 14.9 Å². The molecule has 1 fully saturated rings. The van der Waals surface area contributed by atoms with Crippen LogP contribution in [0.2, 0.25) is 0 Å². The van der Waals surface area contributed by atoms with Crippen LogP contribution in [0.25, 0.3) is 0 Å². The van der Waals surface area contributed by atoms with Gasteiger partial charge in [-0.15, -0.1) is 5.10 Å². The molecule has 1 aromatic carbocycles. The van der Waals surface area contributed by atoms with Crippen molar-refractivity contribution in [1.82, 2.24) is 14.5 Å². The molecule has 0 unspecified atom stereocenters. The number of carbonyl (C=O) groups is 1. The van der Waals surface area contributed by atoms with E-state index in [0.29, 0.717) is 18.1 Å². The average Bonchev–Trinajstić information content (AvgIpc) is 3.25. The van der Waals surface area contributed by atoms with Crippen LogP contribution in [0.1, 0.15) is 17.9 Å². The second-order valence-corrected chi connectivity index (χ2v) is 6.04. The number of likely N-dealkylation sites (tertiary alicyclic amines) is 1. The number of ether oxygens (including phenoxy) is 2. The Labute approximate surface area is 138 Å². The maximum absolute atomic E-state index is 12.3. The topological polar surface area (TPSA) is 76.6 Å².